The number of methoxy groups -OCH3 is 1. The third-order valence-electron chi connectivity index (χ3n) is 3.03. The highest BCUT2D eigenvalue weighted by Gasteiger charge is 2.50. The molecule has 1 aromatic carbocycles. The van der Waals surface area contributed by atoms with Crippen LogP contribution >= 0.6 is 15.9 Å². The van der Waals surface area contributed by atoms with Crippen molar-refractivity contribution in [3.63, 3.8) is 0 Å². The molecule has 2 rings (SSSR count). The largest absolute Gasteiger partial charge is 0.496 e. The van der Waals surface area contributed by atoms with Crippen LogP contribution in [0.1, 0.15) is 18.9 Å². The van der Waals surface area contributed by atoms with Gasteiger partial charge in [-0.1, -0.05) is 22.9 Å². The van der Waals surface area contributed by atoms with Crippen LogP contribution in [0.3, 0.4) is 0 Å². The standard InChI is InChI=1S/C11H14BrNO/c1-7-6-11(7,13)9-5-8(12)3-4-10(9)14-2/h3-5,7H,6,13H2,1-2H3. The van der Waals surface area contributed by atoms with Crippen molar-refractivity contribution in [2.45, 2.75) is 18.9 Å². The Kier molecular flexibility index (Phi) is 2.32. The van der Waals surface area contributed by atoms with E-state index < -0.39 is 0 Å². The van der Waals surface area contributed by atoms with Crippen molar-refractivity contribution in [3.05, 3.63) is 28.2 Å². The van der Waals surface area contributed by atoms with Crippen LogP contribution in [0.2, 0.25) is 0 Å². The van der Waals surface area contributed by atoms with Crippen LogP contribution < -0.4 is 10.5 Å². The molecule has 0 spiro atoms. The van der Waals surface area contributed by atoms with E-state index in [9.17, 15) is 0 Å². The molecule has 0 bridgehead atoms. The van der Waals surface area contributed by atoms with Crippen LogP contribution in [0.15, 0.2) is 22.7 Å². The van der Waals surface area contributed by atoms with E-state index in [1.807, 2.05) is 12.1 Å². The molecular weight excluding hydrogens is 242 g/mol. The highest BCUT2D eigenvalue weighted by atomic mass is 79.9. The van der Waals surface area contributed by atoms with E-state index in [0.29, 0.717) is 5.92 Å². The van der Waals surface area contributed by atoms with E-state index in [1.54, 1.807) is 7.11 Å². The van der Waals surface area contributed by atoms with Gasteiger partial charge in [-0.05, 0) is 30.5 Å². The third-order valence-corrected chi connectivity index (χ3v) is 3.52. The Morgan fingerprint density at radius 3 is 2.71 bits per heavy atom. The lowest BCUT2D eigenvalue weighted by Crippen LogP contribution is -2.22. The van der Waals surface area contributed by atoms with Gasteiger partial charge < -0.3 is 10.5 Å². The Morgan fingerprint density at radius 2 is 2.21 bits per heavy atom. The predicted octanol–water partition coefficient (Wildman–Crippen LogP) is 2.65. The van der Waals surface area contributed by atoms with Crippen LogP contribution in [0, 0.1) is 5.92 Å². The molecule has 0 amide bonds. The van der Waals surface area contributed by atoms with Crippen LogP contribution in [0.25, 0.3) is 0 Å². The molecule has 0 aliphatic heterocycles. The molecule has 1 aliphatic rings. The number of nitrogens with two attached hydrogens (primary N) is 1. The van der Waals surface area contributed by atoms with E-state index in [4.69, 9.17) is 10.5 Å². The molecule has 14 heavy (non-hydrogen) atoms. The van der Waals surface area contributed by atoms with Gasteiger partial charge in [-0.2, -0.15) is 0 Å². The van der Waals surface area contributed by atoms with Crippen molar-refractivity contribution in [2.24, 2.45) is 11.7 Å². The quantitative estimate of drug-likeness (QED) is 0.882. The van der Waals surface area contributed by atoms with Crippen molar-refractivity contribution in [1.82, 2.24) is 0 Å². The lowest BCUT2D eigenvalue weighted by atomic mass is 10.0. The van der Waals surface area contributed by atoms with Gasteiger partial charge in [0.2, 0.25) is 0 Å². The zero-order valence-corrected chi connectivity index (χ0v) is 9.97. The van der Waals surface area contributed by atoms with Gasteiger partial charge in [-0.15, -0.1) is 0 Å². The summed E-state index contributed by atoms with van der Waals surface area (Å²) in [6.07, 6.45) is 1.04. The van der Waals surface area contributed by atoms with Gasteiger partial charge in [0.1, 0.15) is 5.75 Å². The fourth-order valence-electron chi connectivity index (χ4n) is 1.87. The summed E-state index contributed by atoms with van der Waals surface area (Å²) in [6, 6.07) is 5.99. The smallest absolute Gasteiger partial charge is 0.124 e. The van der Waals surface area contributed by atoms with Crippen molar-refractivity contribution in [1.29, 1.82) is 0 Å². The average Bonchev–Trinajstić information content (AvgIpc) is 2.76. The molecule has 2 atom stereocenters. The summed E-state index contributed by atoms with van der Waals surface area (Å²) >= 11 is 3.45. The summed E-state index contributed by atoms with van der Waals surface area (Å²) in [5.41, 5.74) is 7.20. The summed E-state index contributed by atoms with van der Waals surface area (Å²) in [6.45, 7) is 2.17. The topological polar surface area (TPSA) is 35.2 Å². The van der Waals surface area contributed by atoms with Gasteiger partial charge in [0.25, 0.3) is 0 Å². The number of hydrogen-bond acceptors (Lipinski definition) is 2. The van der Waals surface area contributed by atoms with E-state index in [-0.39, 0.29) is 5.54 Å². The molecular formula is C11H14BrNO. The molecule has 0 heterocycles. The fraction of sp³-hybridized carbons (Fsp3) is 0.455. The maximum Gasteiger partial charge on any atom is 0.124 e. The maximum atomic E-state index is 6.26. The third kappa shape index (κ3) is 1.44. The minimum Gasteiger partial charge on any atom is -0.496 e. The van der Waals surface area contributed by atoms with Gasteiger partial charge in [0, 0.05) is 15.6 Å². The SMILES string of the molecule is COc1ccc(Br)cc1C1(N)CC1C. The van der Waals surface area contributed by atoms with E-state index >= 15 is 0 Å². The molecule has 1 saturated carbocycles. The minimum absolute atomic E-state index is 0.172. The second-order valence-electron chi connectivity index (χ2n) is 3.99. The molecule has 1 fully saturated rings. The molecule has 3 heteroatoms. The van der Waals surface area contributed by atoms with Crippen LogP contribution in [0.4, 0.5) is 0 Å². The molecule has 1 aliphatic carbocycles. The Balaban J connectivity index is 2.45. The molecule has 1 aromatic rings. The average molecular weight is 256 g/mol. The zero-order valence-electron chi connectivity index (χ0n) is 8.38. The van der Waals surface area contributed by atoms with Crippen molar-refractivity contribution in [2.75, 3.05) is 7.11 Å². The van der Waals surface area contributed by atoms with Gasteiger partial charge in [-0.3, -0.25) is 0 Å². The number of ether oxygens (including phenoxy) is 1. The van der Waals surface area contributed by atoms with Crippen molar-refractivity contribution in [3.8, 4) is 5.75 Å². The Bertz CT molecular complexity index is 366. The predicted molar refractivity (Wildman–Crippen MR) is 60.3 cm³/mol. The molecule has 2 nitrogen and oxygen atoms in total. The molecule has 0 radical (unpaired) electrons. The Morgan fingerprint density at radius 1 is 1.57 bits per heavy atom. The van der Waals surface area contributed by atoms with Gasteiger partial charge in [0.05, 0.1) is 7.11 Å². The molecule has 76 valence electrons. The van der Waals surface area contributed by atoms with Crippen LogP contribution in [-0.2, 0) is 5.54 Å². The van der Waals surface area contributed by atoms with Crippen molar-refractivity contribution >= 4 is 15.9 Å². The summed E-state index contributed by atoms with van der Waals surface area (Å²) in [5, 5.41) is 0. The lowest BCUT2D eigenvalue weighted by molar-refractivity contribution is 0.402. The monoisotopic (exact) mass is 255 g/mol. The first-order valence-electron chi connectivity index (χ1n) is 4.71. The van der Waals surface area contributed by atoms with E-state index in [1.165, 1.54) is 0 Å². The second kappa shape index (κ2) is 3.24. The van der Waals surface area contributed by atoms with Gasteiger partial charge in [0.15, 0.2) is 0 Å². The Labute approximate surface area is 92.6 Å². The van der Waals surface area contributed by atoms with Crippen LogP contribution in [-0.4, -0.2) is 7.11 Å². The lowest BCUT2D eigenvalue weighted by Gasteiger charge is -2.15. The highest BCUT2D eigenvalue weighted by Crippen LogP contribution is 2.52. The number of hydrogen-bond donors (Lipinski definition) is 1. The van der Waals surface area contributed by atoms with Gasteiger partial charge in [-0.25, -0.2) is 0 Å². The molecule has 0 aromatic heterocycles. The summed E-state index contributed by atoms with van der Waals surface area (Å²) in [7, 11) is 1.68. The summed E-state index contributed by atoms with van der Waals surface area (Å²) in [4.78, 5) is 0. The molecule has 2 N–H and O–H groups in total. The number of benzene rings is 1. The molecule has 0 saturated heterocycles. The summed E-state index contributed by atoms with van der Waals surface area (Å²) in [5.74, 6) is 1.44. The first-order chi connectivity index (χ1) is 6.58. The first-order valence-corrected chi connectivity index (χ1v) is 5.50. The molecule has 2 unspecified atom stereocenters. The highest BCUT2D eigenvalue weighted by molar-refractivity contribution is 9.10. The van der Waals surface area contributed by atoms with E-state index in [2.05, 4.69) is 28.9 Å². The first kappa shape index (κ1) is 9.99. The van der Waals surface area contributed by atoms with Gasteiger partial charge >= 0.3 is 0 Å². The fourth-order valence-corrected chi connectivity index (χ4v) is 2.23. The maximum absolute atomic E-state index is 6.26. The van der Waals surface area contributed by atoms with E-state index in [0.717, 1.165) is 22.2 Å². The zero-order chi connectivity index (χ0) is 10.3. The normalized spacial score (nSPS) is 30.1. The summed E-state index contributed by atoms with van der Waals surface area (Å²) < 4.78 is 6.37. The Hall–Kier alpha value is -0.540. The van der Waals surface area contributed by atoms with Crippen molar-refractivity contribution < 1.29 is 4.74 Å². The van der Waals surface area contributed by atoms with Crippen LogP contribution in [0.5, 0.6) is 5.75 Å². The second-order valence-corrected chi connectivity index (χ2v) is 4.91. The number of rotatable bonds is 2. The number of halogens is 1. The minimum atomic E-state index is -0.172.